The Morgan fingerprint density at radius 2 is 0.992 bits per heavy atom. The molecular formula is C113H84N4O2. The van der Waals surface area contributed by atoms with E-state index in [4.69, 9.17) is 29.4 Å². The van der Waals surface area contributed by atoms with Crippen molar-refractivity contribution in [2.24, 2.45) is 21.8 Å². The van der Waals surface area contributed by atoms with Gasteiger partial charge in [0.2, 0.25) is 0 Å². The molecular weight excluding hydrogens is 1450 g/mol. The van der Waals surface area contributed by atoms with Gasteiger partial charge in [-0.1, -0.05) is 346 Å². The fraction of sp³-hybridized carbons (Fsp3) is 0.115. The predicted octanol–water partition coefficient (Wildman–Crippen LogP) is 27.5. The van der Waals surface area contributed by atoms with Crippen LogP contribution in [0.4, 0.5) is 0 Å². The zero-order valence-electron chi connectivity index (χ0n) is 66.0. The summed E-state index contributed by atoms with van der Waals surface area (Å²) < 4.78 is 14.0. The Bertz CT molecular complexity index is 6620. The molecule has 6 heteroatoms. The summed E-state index contributed by atoms with van der Waals surface area (Å²) in [5.74, 6) is 6.13. The summed E-state index contributed by atoms with van der Waals surface area (Å²) >= 11 is 0. The van der Waals surface area contributed by atoms with E-state index in [2.05, 4.69) is 383 Å². The molecule has 6 nitrogen and oxygen atoms in total. The van der Waals surface area contributed by atoms with E-state index in [9.17, 15) is 0 Å². The smallest absolute Gasteiger partial charge is 0.160 e. The molecule has 0 N–H and O–H groups in total. The van der Waals surface area contributed by atoms with Gasteiger partial charge in [-0.25, -0.2) is 15.0 Å². The molecule has 0 bridgehead atoms. The van der Waals surface area contributed by atoms with Crippen LogP contribution in [0.1, 0.15) is 107 Å². The summed E-state index contributed by atoms with van der Waals surface area (Å²) in [6.07, 6.45) is 40.5. The Hall–Kier alpha value is -14.2. The molecule has 0 amide bonds. The minimum atomic E-state index is -0.534. The first kappa shape index (κ1) is 71.4. The highest BCUT2D eigenvalue weighted by Crippen LogP contribution is 2.64. The van der Waals surface area contributed by atoms with Crippen molar-refractivity contribution < 1.29 is 9.47 Å². The molecule has 3 aliphatic heterocycles. The van der Waals surface area contributed by atoms with E-state index >= 15 is 0 Å². The molecule has 9 aliphatic rings. The number of fused-ring (bicyclic) bond motifs is 16. The highest BCUT2D eigenvalue weighted by Gasteiger charge is 2.53. The van der Waals surface area contributed by atoms with E-state index < -0.39 is 10.8 Å². The van der Waals surface area contributed by atoms with Crippen LogP contribution in [0.3, 0.4) is 0 Å². The van der Waals surface area contributed by atoms with Crippen LogP contribution in [-0.2, 0) is 10.8 Å². The summed E-state index contributed by atoms with van der Waals surface area (Å²) in [4.78, 5) is 21.6. The Balaban J connectivity index is 0.550. The summed E-state index contributed by atoms with van der Waals surface area (Å²) in [6.45, 7) is 4.43. The number of rotatable bonds is 14. The van der Waals surface area contributed by atoms with Gasteiger partial charge in [-0.15, -0.1) is 0 Å². The number of aliphatic imine (C=N–C) groups is 2. The lowest BCUT2D eigenvalue weighted by atomic mass is 9.64. The van der Waals surface area contributed by atoms with Gasteiger partial charge in [0.1, 0.15) is 23.0 Å². The topological polar surface area (TPSA) is 69.0 Å². The van der Waals surface area contributed by atoms with Crippen molar-refractivity contribution in [1.82, 2.24) is 9.97 Å². The molecule has 22 rings (SSSR count). The van der Waals surface area contributed by atoms with Gasteiger partial charge in [0, 0.05) is 57.7 Å². The highest BCUT2D eigenvalue weighted by atomic mass is 16.5. The number of aromatic nitrogens is 2. The Kier molecular flexibility index (Phi) is 17.9. The molecule has 6 aliphatic carbocycles. The van der Waals surface area contributed by atoms with E-state index in [0.29, 0.717) is 30.5 Å². The zero-order valence-corrected chi connectivity index (χ0v) is 66.0. The van der Waals surface area contributed by atoms with Crippen LogP contribution in [-0.4, -0.2) is 21.5 Å². The molecule has 119 heavy (non-hydrogen) atoms. The number of benzene rings is 12. The zero-order chi connectivity index (χ0) is 79.0. The molecule has 4 atom stereocenters. The molecule has 0 saturated carbocycles. The van der Waals surface area contributed by atoms with Gasteiger partial charge in [-0.3, -0.25) is 4.99 Å². The van der Waals surface area contributed by atoms with Crippen LogP contribution in [0.2, 0.25) is 0 Å². The molecule has 13 aromatic rings. The monoisotopic (exact) mass is 1530 g/mol. The number of nitrogens with zero attached hydrogens (tertiary/aromatic N) is 4. The minimum Gasteiger partial charge on any atom is -0.461 e. The van der Waals surface area contributed by atoms with Crippen molar-refractivity contribution in [1.29, 1.82) is 0 Å². The second-order valence-electron chi connectivity index (χ2n) is 32.7. The highest BCUT2D eigenvalue weighted by molar-refractivity contribution is 6.15. The molecule has 0 saturated heterocycles. The second kappa shape index (κ2) is 29.8. The lowest BCUT2D eigenvalue weighted by Gasteiger charge is -2.42. The summed E-state index contributed by atoms with van der Waals surface area (Å²) in [5.41, 5.74) is 32.1. The van der Waals surface area contributed by atoms with Gasteiger partial charge in [-0.2, -0.15) is 0 Å². The van der Waals surface area contributed by atoms with Crippen molar-refractivity contribution in [2.45, 2.75) is 67.7 Å². The SMILES string of the molecule is C=C/C(=C\C=C1/CC2(c3cc(-c4ccc(-c5nc(-c6ccccc6)cc(-c6cccc(-c7ccccc7)c6)n5)cc4)ccc3O1)c1ccccc1-c1ccccc12)C1=CC(c2ccc(C3CC(C4=CCC(C5C=CC=CC5)C=C4)=NC(c4ccc(-c5ccc6c(c5)C5(C7=CCCC=C7O6)c6ccccc6-c6ccccc65)cc4)=N3)cc2)CC=C1. The molecule has 0 radical (unpaired) electrons. The van der Waals surface area contributed by atoms with E-state index in [1.807, 2.05) is 12.1 Å². The van der Waals surface area contributed by atoms with Crippen LogP contribution in [0.15, 0.2) is 439 Å². The van der Waals surface area contributed by atoms with E-state index in [1.54, 1.807) is 0 Å². The lowest BCUT2D eigenvalue weighted by Crippen LogP contribution is -2.36. The van der Waals surface area contributed by atoms with Crippen LogP contribution in [0, 0.1) is 11.8 Å². The minimum absolute atomic E-state index is 0.136. The van der Waals surface area contributed by atoms with Crippen molar-refractivity contribution in [3.63, 3.8) is 0 Å². The Labute approximate surface area is 695 Å². The molecule has 4 heterocycles. The van der Waals surface area contributed by atoms with Gasteiger partial charge in [0.05, 0.1) is 34.0 Å². The van der Waals surface area contributed by atoms with E-state index in [1.165, 1.54) is 72.3 Å². The summed E-state index contributed by atoms with van der Waals surface area (Å²) in [7, 11) is 0. The fourth-order valence-corrected chi connectivity index (χ4v) is 20.1. The average molecular weight is 1530 g/mol. The number of amidine groups is 1. The first-order valence-corrected chi connectivity index (χ1v) is 42.0. The van der Waals surface area contributed by atoms with Crippen molar-refractivity contribution in [2.75, 3.05) is 0 Å². The van der Waals surface area contributed by atoms with E-state index in [-0.39, 0.29) is 12.0 Å². The largest absolute Gasteiger partial charge is 0.461 e. The Morgan fingerprint density at radius 1 is 0.429 bits per heavy atom. The van der Waals surface area contributed by atoms with E-state index in [0.717, 1.165) is 150 Å². The maximum atomic E-state index is 7.15. The third-order valence-corrected chi connectivity index (χ3v) is 26.0. The van der Waals surface area contributed by atoms with Crippen LogP contribution < -0.4 is 9.47 Å². The number of hydrogen-bond acceptors (Lipinski definition) is 6. The molecule has 4 unspecified atom stereocenters. The maximum Gasteiger partial charge on any atom is 0.160 e. The third kappa shape index (κ3) is 12.5. The summed E-state index contributed by atoms with van der Waals surface area (Å²) in [6, 6.07) is 108. The first-order chi connectivity index (χ1) is 58.8. The molecule has 0 fully saturated rings. The lowest BCUT2D eigenvalue weighted by molar-refractivity contribution is 0.338. The number of hydrogen-bond donors (Lipinski definition) is 0. The van der Waals surface area contributed by atoms with Gasteiger partial charge < -0.3 is 9.47 Å². The quantitative estimate of drug-likeness (QED) is 0.102. The standard InChI is InChI=1S/C113H84N4O2/c1-2-73(60-63-91-72-112(96-38-16-12-34-92(96)93-35-13-17-39-97(93)112)101-68-88(61-64-108(101)118-91)78-48-56-84(57-49-78)111-114-103(80-28-10-5-11-29-80)71-106(117-111)90-33-23-32-87(67-90)75-26-8-4-9-27-75)85-30-22-31-86(66-85)77-46-54-82(55-47-77)105-70-104(81-52-44-76(45-53-81)74-24-6-3-7-25-74)115-110(116-105)83-58-50-79(51-59-83)89-62-65-109-102(69-89)113(100-42-20-21-43-107(100)119-109)98-40-18-14-36-94(98)95-37-15-19-41-99(95)113/h2-19,22-24,26-30,32-44,46-69,71,74,76,86,105H,1,20-21,25,31,45,70,72H2/b73-60+,91-63+. The van der Waals surface area contributed by atoms with Gasteiger partial charge in [0.25, 0.3) is 0 Å². The third-order valence-electron chi connectivity index (χ3n) is 26.0. The van der Waals surface area contributed by atoms with Crippen LogP contribution >= 0.6 is 0 Å². The predicted molar refractivity (Wildman–Crippen MR) is 486 cm³/mol. The fourth-order valence-electron chi connectivity index (χ4n) is 20.1. The average Bonchev–Trinajstić information content (AvgIpc) is 1.53. The van der Waals surface area contributed by atoms with Crippen molar-refractivity contribution in [3.05, 3.63) is 479 Å². The van der Waals surface area contributed by atoms with Crippen LogP contribution in [0.25, 0.3) is 89.5 Å². The number of allylic oxidation sites excluding steroid dienone is 20. The second-order valence-corrected chi connectivity index (χ2v) is 32.7. The van der Waals surface area contributed by atoms with Crippen molar-refractivity contribution in [3.8, 4) is 101 Å². The summed E-state index contributed by atoms with van der Waals surface area (Å²) in [5, 5.41) is 0. The maximum absolute atomic E-state index is 7.15. The van der Waals surface area contributed by atoms with Gasteiger partial charge in [0.15, 0.2) is 11.7 Å². The molecule has 12 aromatic carbocycles. The number of ether oxygens (including phenoxy) is 2. The molecule has 568 valence electrons. The van der Waals surface area contributed by atoms with Gasteiger partial charge in [-0.05, 0) is 198 Å². The first-order valence-electron chi connectivity index (χ1n) is 42.0. The molecule has 2 spiro atoms. The van der Waals surface area contributed by atoms with Crippen LogP contribution in [0.5, 0.6) is 11.5 Å². The van der Waals surface area contributed by atoms with Crippen molar-refractivity contribution >= 4 is 11.5 Å². The normalized spacial score (nSPS) is 19.4. The van der Waals surface area contributed by atoms with Gasteiger partial charge >= 0.3 is 0 Å². The molecule has 1 aromatic heterocycles. The Morgan fingerprint density at radius 3 is 1.66 bits per heavy atom.